The number of hydrogen-bond acceptors (Lipinski definition) is 8. The maximum absolute atomic E-state index is 13.2. The number of amides is 1. The Morgan fingerprint density at radius 2 is 1.72 bits per heavy atom. The van der Waals surface area contributed by atoms with Crippen molar-refractivity contribution in [2.45, 2.75) is 12.5 Å². The van der Waals surface area contributed by atoms with Crippen LogP contribution < -0.4 is 4.74 Å². The molecular formula is C26H22N6O4. The molecule has 36 heavy (non-hydrogen) atoms. The second-order valence-electron chi connectivity index (χ2n) is 8.02. The van der Waals surface area contributed by atoms with Crippen molar-refractivity contribution >= 4 is 17.6 Å². The highest BCUT2D eigenvalue weighted by Crippen LogP contribution is 2.33. The van der Waals surface area contributed by atoms with Crippen LogP contribution in [0.25, 0.3) is 5.69 Å². The molecule has 1 aromatic heterocycles. The summed E-state index contributed by atoms with van der Waals surface area (Å²) in [6.07, 6.45) is 1.99. The van der Waals surface area contributed by atoms with Crippen LogP contribution in [-0.2, 0) is 9.53 Å². The smallest absolute Gasteiger partial charge is 0.338 e. The van der Waals surface area contributed by atoms with Crippen molar-refractivity contribution in [3.63, 3.8) is 0 Å². The van der Waals surface area contributed by atoms with Crippen LogP contribution in [0.15, 0.2) is 90.3 Å². The van der Waals surface area contributed by atoms with Gasteiger partial charge in [-0.1, -0.05) is 42.5 Å². The van der Waals surface area contributed by atoms with Crippen molar-refractivity contribution in [1.29, 1.82) is 0 Å². The van der Waals surface area contributed by atoms with Crippen LogP contribution in [0.4, 0.5) is 0 Å². The summed E-state index contributed by atoms with van der Waals surface area (Å²) in [6.45, 7) is -0.439. The van der Waals surface area contributed by atoms with Gasteiger partial charge in [0.05, 0.1) is 30.1 Å². The van der Waals surface area contributed by atoms with Crippen molar-refractivity contribution in [3.05, 3.63) is 102 Å². The number of aromatic nitrogens is 4. The van der Waals surface area contributed by atoms with Gasteiger partial charge >= 0.3 is 5.97 Å². The summed E-state index contributed by atoms with van der Waals surface area (Å²) in [6, 6.07) is 23.4. The fourth-order valence-corrected chi connectivity index (χ4v) is 3.94. The monoisotopic (exact) mass is 482 g/mol. The number of carbonyl (C=O) groups excluding carboxylic acids is 2. The molecule has 4 aromatic rings. The van der Waals surface area contributed by atoms with E-state index in [0.717, 1.165) is 22.6 Å². The van der Waals surface area contributed by atoms with Gasteiger partial charge in [-0.2, -0.15) is 5.10 Å². The number of hydrazone groups is 1. The predicted octanol–water partition coefficient (Wildman–Crippen LogP) is 3.21. The van der Waals surface area contributed by atoms with Gasteiger partial charge < -0.3 is 9.47 Å². The molecule has 0 fully saturated rings. The fourth-order valence-electron chi connectivity index (χ4n) is 3.94. The van der Waals surface area contributed by atoms with Crippen molar-refractivity contribution in [1.82, 2.24) is 25.2 Å². The SMILES string of the molecule is COc1ccc(C2CC(c3ccccc3)=NN2C(=O)COC(=O)c2ccc(-n3cnnn3)cc2)cc1. The van der Waals surface area contributed by atoms with Crippen molar-refractivity contribution in [2.75, 3.05) is 13.7 Å². The lowest BCUT2D eigenvalue weighted by Crippen LogP contribution is -2.31. The Morgan fingerprint density at radius 1 is 0.972 bits per heavy atom. The molecule has 1 aliphatic rings. The summed E-state index contributed by atoms with van der Waals surface area (Å²) in [5.41, 5.74) is 3.62. The maximum atomic E-state index is 13.2. The minimum Gasteiger partial charge on any atom is -0.497 e. The number of tetrazole rings is 1. The van der Waals surface area contributed by atoms with Gasteiger partial charge in [-0.05, 0) is 58.0 Å². The topological polar surface area (TPSA) is 112 Å². The Kier molecular flexibility index (Phi) is 6.48. The van der Waals surface area contributed by atoms with Crippen LogP contribution in [0.5, 0.6) is 5.75 Å². The van der Waals surface area contributed by atoms with Gasteiger partial charge in [-0.25, -0.2) is 14.5 Å². The summed E-state index contributed by atoms with van der Waals surface area (Å²) in [4.78, 5) is 25.7. The zero-order valence-electron chi connectivity index (χ0n) is 19.4. The van der Waals surface area contributed by atoms with Crippen LogP contribution in [0, 0.1) is 0 Å². The molecule has 180 valence electrons. The molecule has 1 unspecified atom stereocenters. The Balaban J connectivity index is 1.30. The summed E-state index contributed by atoms with van der Waals surface area (Å²) in [7, 11) is 1.60. The lowest BCUT2D eigenvalue weighted by Gasteiger charge is -2.22. The number of methoxy groups -OCH3 is 1. The summed E-state index contributed by atoms with van der Waals surface area (Å²) >= 11 is 0. The summed E-state index contributed by atoms with van der Waals surface area (Å²) in [5.74, 6) is -0.307. The molecule has 3 aromatic carbocycles. The third-order valence-corrected chi connectivity index (χ3v) is 5.82. The maximum Gasteiger partial charge on any atom is 0.338 e. The molecule has 0 saturated carbocycles. The second kappa shape index (κ2) is 10.2. The van der Waals surface area contributed by atoms with E-state index in [1.54, 1.807) is 31.4 Å². The van der Waals surface area contributed by atoms with Gasteiger partial charge in [-0.3, -0.25) is 4.79 Å². The first-order chi connectivity index (χ1) is 17.6. The average molecular weight is 483 g/mol. The quantitative estimate of drug-likeness (QED) is 0.372. The lowest BCUT2D eigenvalue weighted by molar-refractivity contribution is -0.136. The standard InChI is InChI=1S/C26H22N6O4/c1-35-22-13-9-19(10-14-22)24-15-23(18-5-3-2-4-6-18)28-32(24)25(33)16-36-26(34)20-7-11-21(12-8-20)31-17-27-29-30-31/h2-14,17,24H,15-16H2,1H3. The third kappa shape index (κ3) is 4.83. The molecule has 0 spiro atoms. The highest BCUT2D eigenvalue weighted by Gasteiger charge is 2.33. The van der Waals surface area contributed by atoms with Gasteiger partial charge in [0.2, 0.25) is 0 Å². The van der Waals surface area contributed by atoms with Gasteiger partial charge in [0.15, 0.2) is 6.61 Å². The van der Waals surface area contributed by atoms with E-state index in [1.807, 2.05) is 54.6 Å². The third-order valence-electron chi connectivity index (χ3n) is 5.82. The number of nitrogens with zero attached hydrogens (tertiary/aromatic N) is 6. The van der Waals surface area contributed by atoms with Crippen LogP contribution >= 0.6 is 0 Å². The van der Waals surface area contributed by atoms with E-state index in [1.165, 1.54) is 16.0 Å². The number of benzene rings is 3. The number of rotatable bonds is 7. The number of hydrogen-bond donors (Lipinski definition) is 0. The van der Waals surface area contributed by atoms with E-state index in [0.29, 0.717) is 17.7 Å². The first-order valence-electron chi connectivity index (χ1n) is 11.2. The van der Waals surface area contributed by atoms with E-state index in [-0.39, 0.29) is 6.04 Å². The molecule has 0 bridgehead atoms. The largest absolute Gasteiger partial charge is 0.497 e. The first kappa shape index (κ1) is 22.9. The highest BCUT2D eigenvalue weighted by atomic mass is 16.5. The van der Waals surface area contributed by atoms with E-state index in [4.69, 9.17) is 9.47 Å². The normalized spacial score (nSPS) is 14.9. The van der Waals surface area contributed by atoms with Gasteiger partial charge in [0, 0.05) is 6.42 Å². The molecule has 5 rings (SSSR count). The molecule has 2 heterocycles. The minimum absolute atomic E-state index is 0.307. The molecule has 0 aliphatic carbocycles. The fraction of sp³-hybridized carbons (Fsp3) is 0.154. The van der Waals surface area contributed by atoms with Gasteiger partial charge in [0.25, 0.3) is 5.91 Å². The molecule has 10 nitrogen and oxygen atoms in total. The lowest BCUT2D eigenvalue weighted by atomic mass is 9.98. The highest BCUT2D eigenvalue weighted by molar-refractivity contribution is 6.03. The van der Waals surface area contributed by atoms with E-state index >= 15 is 0 Å². The Morgan fingerprint density at radius 3 is 2.39 bits per heavy atom. The van der Waals surface area contributed by atoms with Crippen LogP contribution in [0.3, 0.4) is 0 Å². The first-order valence-corrected chi connectivity index (χ1v) is 11.2. The number of esters is 1. The van der Waals surface area contributed by atoms with Crippen LogP contribution in [-0.4, -0.2) is 56.5 Å². The molecule has 1 atom stereocenters. The van der Waals surface area contributed by atoms with E-state index < -0.39 is 18.5 Å². The van der Waals surface area contributed by atoms with E-state index in [9.17, 15) is 9.59 Å². The Labute approximate surface area is 206 Å². The van der Waals surface area contributed by atoms with Gasteiger partial charge in [-0.15, -0.1) is 5.10 Å². The molecule has 10 heteroatoms. The summed E-state index contributed by atoms with van der Waals surface area (Å²) in [5, 5.41) is 17.0. The average Bonchev–Trinajstić information content (AvgIpc) is 3.63. The van der Waals surface area contributed by atoms with Crippen LogP contribution in [0.2, 0.25) is 0 Å². The van der Waals surface area contributed by atoms with Gasteiger partial charge in [0.1, 0.15) is 12.1 Å². The zero-order chi connectivity index (χ0) is 24.9. The van der Waals surface area contributed by atoms with Crippen molar-refractivity contribution in [2.24, 2.45) is 5.10 Å². The van der Waals surface area contributed by atoms with Crippen molar-refractivity contribution < 1.29 is 19.1 Å². The molecule has 0 radical (unpaired) electrons. The Bertz CT molecular complexity index is 1370. The summed E-state index contributed by atoms with van der Waals surface area (Å²) < 4.78 is 12.0. The Hall–Kier alpha value is -4.86. The molecule has 1 aliphatic heterocycles. The molecular weight excluding hydrogens is 460 g/mol. The van der Waals surface area contributed by atoms with E-state index in [2.05, 4.69) is 20.6 Å². The molecule has 0 saturated heterocycles. The predicted molar refractivity (Wildman–Crippen MR) is 130 cm³/mol. The van der Waals surface area contributed by atoms with Crippen LogP contribution in [0.1, 0.15) is 33.9 Å². The second-order valence-corrected chi connectivity index (χ2v) is 8.02. The van der Waals surface area contributed by atoms with Crippen molar-refractivity contribution in [3.8, 4) is 11.4 Å². The minimum atomic E-state index is -0.612. The number of ether oxygens (including phenoxy) is 2. The number of carbonyl (C=O) groups is 2. The molecule has 1 amide bonds. The zero-order valence-corrected chi connectivity index (χ0v) is 19.4. The molecule has 0 N–H and O–H groups in total.